The predicted molar refractivity (Wildman–Crippen MR) is 65.3 cm³/mol. The van der Waals surface area contributed by atoms with E-state index in [1.807, 2.05) is 0 Å². The number of rotatable bonds is 2. The number of carbonyl (C=O) groups excluding carboxylic acids is 1. The summed E-state index contributed by atoms with van der Waals surface area (Å²) < 4.78 is 38.5. The predicted octanol–water partition coefficient (Wildman–Crippen LogP) is 0.443. The lowest BCUT2D eigenvalue weighted by molar-refractivity contribution is -0.143. The van der Waals surface area contributed by atoms with Crippen LogP contribution in [0.4, 0.5) is 13.2 Å². The number of nitrogens with one attached hydrogen (secondary N) is 1. The van der Waals surface area contributed by atoms with Gasteiger partial charge in [0, 0.05) is 13.1 Å². The molecule has 0 aromatic carbocycles. The van der Waals surface area contributed by atoms with Crippen LogP contribution in [0.1, 0.15) is 35.4 Å². The standard InChI is InChI=1S/C12H16F3N3O3/c1-18-9(12(13,14)15)5-7(17-18)11(21)16-6-3-2-4-8(19)10(6)20/h5-6,8,10,19-20H,2-4H2,1H3,(H,16,21)/t6-,8-,10-/m1/s1. The minimum atomic E-state index is -4.60. The van der Waals surface area contributed by atoms with Crippen LogP contribution in [0.3, 0.4) is 0 Å². The second-order valence-electron chi connectivity index (χ2n) is 5.10. The van der Waals surface area contributed by atoms with Gasteiger partial charge in [-0.05, 0) is 19.3 Å². The highest BCUT2D eigenvalue weighted by Gasteiger charge is 2.37. The van der Waals surface area contributed by atoms with Crippen molar-refractivity contribution in [2.24, 2.45) is 7.05 Å². The zero-order chi connectivity index (χ0) is 15.8. The van der Waals surface area contributed by atoms with Crippen molar-refractivity contribution in [1.29, 1.82) is 0 Å². The first-order valence-corrected chi connectivity index (χ1v) is 6.48. The Labute approximate surface area is 118 Å². The van der Waals surface area contributed by atoms with Crippen LogP contribution >= 0.6 is 0 Å². The molecule has 3 N–H and O–H groups in total. The van der Waals surface area contributed by atoms with Gasteiger partial charge in [0.2, 0.25) is 0 Å². The van der Waals surface area contributed by atoms with E-state index in [0.29, 0.717) is 30.0 Å². The molecule has 0 unspecified atom stereocenters. The van der Waals surface area contributed by atoms with E-state index in [1.54, 1.807) is 0 Å². The van der Waals surface area contributed by atoms with Crippen LogP contribution in [0.5, 0.6) is 0 Å². The maximum atomic E-state index is 12.6. The van der Waals surface area contributed by atoms with Gasteiger partial charge in [0.05, 0.1) is 18.2 Å². The summed E-state index contributed by atoms with van der Waals surface area (Å²) in [6, 6.07) is -0.0429. The molecule has 21 heavy (non-hydrogen) atoms. The van der Waals surface area contributed by atoms with E-state index < -0.39 is 36.0 Å². The van der Waals surface area contributed by atoms with Gasteiger partial charge in [0.25, 0.3) is 5.91 Å². The highest BCUT2D eigenvalue weighted by atomic mass is 19.4. The zero-order valence-electron chi connectivity index (χ0n) is 11.3. The molecule has 6 nitrogen and oxygen atoms in total. The summed E-state index contributed by atoms with van der Waals surface area (Å²) in [7, 11) is 1.10. The number of hydrogen-bond acceptors (Lipinski definition) is 4. The summed E-state index contributed by atoms with van der Waals surface area (Å²) in [5.74, 6) is -0.806. The van der Waals surface area contributed by atoms with Gasteiger partial charge in [-0.3, -0.25) is 9.48 Å². The normalized spacial score (nSPS) is 26.7. The van der Waals surface area contributed by atoms with Gasteiger partial charge >= 0.3 is 6.18 Å². The first kappa shape index (κ1) is 15.8. The molecule has 0 aliphatic heterocycles. The van der Waals surface area contributed by atoms with Crippen molar-refractivity contribution in [2.45, 2.75) is 43.7 Å². The molecule has 118 valence electrons. The van der Waals surface area contributed by atoms with E-state index in [-0.39, 0.29) is 5.69 Å². The van der Waals surface area contributed by atoms with Crippen molar-refractivity contribution in [3.05, 3.63) is 17.5 Å². The quantitative estimate of drug-likeness (QED) is 0.740. The Bertz CT molecular complexity index is 530. The molecule has 2 rings (SSSR count). The highest BCUT2D eigenvalue weighted by molar-refractivity contribution is 5.92. The molecule has 1 aromatic heterocycles. The molecule has 0 radical (unpaired) electrons. The second-order valence-corrected chi connectivity index (χ2v) is 5.10. The molecule has 3 atom stereocenters. The third-order valence-electron chi connectivity index (χ3n) is 3.54. The SMILES string of the molecule is Cn1nc(C(=O)N[C@@H]2CCC[C@@H](O)[C@@H]2O)cc1C(F)(F)F. The Morgan fingerprint density at radius 2 is 2.10 bits per heavy atom. The molecule has 9 heteroatoms. The summed E-state index contributed by atoms with van der Waals surface area (Å²) in [6.45, 7) is 0. The summed E-state index contributed by atoms with van der Waals surface area (Å²) in [6.07, 6.45) is -5.19. The van der Waals surface area contributed by atoms with Crippen LogP contribution in [-0.2, 0) is 13.2 Å². The van der Waals surface area contributed by atoms with Crippen molar-refractivity contribution in [2.75, 3.05) is 0 Å². The van der Waals surface area contributed by atoms with Crippen LogP contribution in [0, 0.1) is 0 Å². The molecule has 1 aromatic rings. The maximum absolute atomic E-state index is 12.6. The number of aryl methyl sites for hydroxylation is 1. The van der Waals surface area contributed by atoms with Crippen LogP contribution in [0.2, 0.25) is 0 Å². The van der Waals surface area contributed by atoms with Crippen molar-refractivity contribution in [3.63, 3.8) is 0 Å². The first-order valence-electron chi connectivity index (χ1n) is 6.48. The molecular formula is C12H16F3N3O3. The number of aromatic nitrogens is 2. The van der Waals surface area contributed by atoms with Gasteiger partial charge in [0.15, 0.2) is 5.69 Å². The molecule has 1 aliphatic carbocycles. The second kappa shape index (κ2) is 5.64. The monoisotopic (exact) mass is 307 g/mol. The Morgan fingerprint density at radius 3 is 2.67 bits per heavy atom. The lowest BCUT2D eigenvalue weighted by Crippen LogP contribution is -2.51. The van der Waals surface area contributed by atoms with E-state index in [9.17, 15) is 28.2 Å². The van der Waals surface area contributed by atoms with E-state index in [0.717, 1.165) is 7.05 Å². The van der Waals surface area contributed by atoms with Gasteiger partial charge in [-0.1, -0.05) is 0 Å². The van der Waals surface area contributed by atoms with Crippen molar-refractivity contribution >= 4 is 5.91 Å². The number of carbonyl (C=O) groups is 1. The summed E-state index contributed by atoms with van der Waals surface area (Å²) in [4.78, 5) is 11.9. The number of amides is 1. The minimum absolute atomic E-state index is 0.378. The number of halogens is 3. The molecule has 1 aliphatic rings. The number of hydrogen-bond donors (Lipinski definition) is 3. The minimum Gasteiger partial charge on any atom is -0.390 e. The summed E-state index contributed by atoms with van der Waals surface area (Å²) >= 11 is 0. The fourth-order valence-electron chi connectivity index (χ4n) is 2.40. The first-order chi connectivity index (χ1) is 9.70. The average Bonchev–Trinajstić information content (AvgIpc) is 2.77. The van der Waals surface area contributed by atoms with E-state index in [2.05, 4.69) is 10.4 Å². The fourth-order valence-corrected chi connectivity index (χ4v) is 2.40. The largest absolute Gasteiger partial charge is 0.433 e. The number of alkyl halides is 3. The van der Waals surface area contributed by atoms with Gasteiger partial charge < -0.3 is 15.5 Å². The Morgan fingerprint density at radius 1 is 1.43 bits per heavy atom. The topological polar surface area (TPSA) is 87.4 Å². The highest BCUT2D eigenvalue weighted by Crippen LogP contribution is 2.29. The van der Waals surface area contributed by atoms with Crippen molar-refractivity contribution in [1.82, 2.24) is 15.1 Å². The third kappa shape index (κ3) is 3.35. The third-order valence-corrected chi connectivity index (χ3v) is 3.54. The van der Waals surface area contributed by atoms with Crippen molar-refractivity contribution < 1.29 is 28.2 Å². The molecular weight excluding hydrogens is 291 g/mol. The van der Waals surface area contributed by atoms with Crippen LogP contribution in [0.15, 0.2) is 6.07 Å². The fraction of sp³-hybridized carbons (Fsp3) is 0.667. The van der Waals surface area contributed by atoms with Crippen molar-refractivity contribution in [3.8, 4) is 0 Å². The lowest BCUT2D eigenvalue weighted by atomic mass is 9.90. The van der Waals surface area contributed by atoms with E-state index in [1.165, 1.54) is 0 Å². The van der Waals surface area contributed by atoms with Crippen LogP contribution < -0.4 is 5.32 Å². The molecule has 1 heterocycles. The Balaban J connectivity index is 2.10. The van der Waals surface area contributed by atoms with Crippen LogP contribution in [0.25, 0.3) is 0 Å². The molecule has 0 bridgehead atoms. The molecule has 1 amide bonds. The average molecular weight is 307 g/mol. The van der Waals surface area contributed by atoms with E-state index >= 15 is 0 Å². The smallest absolute Gasteiger partial charge is 0.390 e. The Hall–Kier alpha value is -1.61. The van der Waals surface area contributed by atoms with Gasteiger partial charge in [0.1, 0.15) is 5.69 Å². The molecule has 1 fully saturated rings. The summed E-state index contributed by atoms with van der Waals surface area (Å²) in [5, 5.41) is 25.2. The number of nitrogens with zero attached hydrogens (tertiary/aromatic N) is 2. The molecule has 0 saturated heterocycles. The number of aliphatic hydroxyl groups is 2. The Kier molecular flexibility index (Phi) is 4.24. The summed E-state index contributed by atoms with van der Waals surface area (Å²) in [5.41, 5.74) is -1.41. The zero-order valence-corrected chi connectivity index (χ0v) is 11.3. The van der Waals surface area contributed by atoms with Crippen LogP contribution in [-0.4, -0.2) is 44.2 Å². The lowest BCUT2D eigenvalue weighted by Gasteiger charge is -2.32. The van der Waals surface area contributed by atoms with Gasteiger partial charge in [-0.2, -0.15) is 18.3 Å². The maximum Gasteiger partial charge on any atom is 0.433 e. The van der Waals surface area contributed by atoms with E-state index in [4.69, 9.17) is 0 Å². The number of aliphatic hydroxyl groups excluding tert-OH is 2. The molecule has 0 spiro atoms. The molecule has 1 saturated carbocycles. The van der Waals surface area contributed by atoms with Gasteiger partial charge in [-0.15, -0.1) is 0 Å². The van der Waals surface area contributed by atoms with Gasteiger partial charge in [-0.25, -0.2) is 0 Å².